The quantitative estimate of drug-likeness (QED) is 0.398. The number of hydrogen-bond donors (Lipinski definition) is 0. The van der Waals surface area contributed by atoms with Gasteiger partial charge in [-0.05, 0) is 61.4 Å². The molecule has 1 fully saturated rings. The summed E-state index contributed by atoms with van der Waals surface area (Å²) < 4.78 is 6.34. The number of carbonyl (C=O) groups is 2. The van der Waals surface area contributed by atoms with Crippen molar-refractivity contribution < 1.29 is 14.3 Å². The Morgan fingerprint density at radius 3 is 2.36 bits per heavy atom. The van der Waals surface area contributed by atoms with E-state index in [4.69, 9.17) is 4.74 Å². The summed E-state index contributed by atoms with van der Waals surface area (Å²) in [5.41, 5.74) is 1.32. The van der Waals surface area contributed by atoms with Crippen LogP contribution in [0.5, 0.6) is 0 Å². The fourth-order valence-corrected chi connectivity index (χ4v) is 4.66. The molecule has 2 heterocycles. The van der Waals surface area contributed by atoms with E-state index >= 15 is 0 Å². The summed E-state index contributed by atoms with van der Waals surface area (Å²) in [7, 11) is 1.80. The second-order valence-electron chi connectivity index (χ2n) is 9.25. The molecule has 1 unspecified atom stereocenters. The molecule has 9 heteroatoms. The summed E-state index contributed by atoms with van der Waals surface area (Å²) in [6.45, 7) is 10.0. The maximum Gasteiger partial charge on any atom is 0.410 e. The number of amides is 2. The van der Waals surface area contributed by atoms with Crippen LogP contribution in [0.3, 0.4) is 0 Å². The molecule has 1 aliphatic rings. The number of anilines is 2. The van der Waals surface area contributed by atoms with Gasteiger partial charge in [-0.25, -0.2) is 14.8 Å². The molecule has 1 aromatic carbocycles. The summed E-state index contributed by atoms with van der Waals surface area (Å²) in [6.07, 6.45) is 1.62. The smallest absolute Gasteiger partial charge is 0.410 e. The SMILES string of the molecule is CC(CC(=O)N(C)c1ccccc1)c1c(I)ncnc1N1CCN(C(=O)OC(C)(C)C)CC1. The number of nitrogens with zero attached hydrogens (tertiary/aromatic N) is 5. The Labute approximate surface area is 209 Å². The van der Waals surface area contributed by atoms with E-state index in [1.807, 2.05) is 58.0 Å². The summed E-state index contributed by atoms with van der Waals surface area (Å²) in [4.78, 5) is 39.9. The second kappa shape index (κ2) is 10.7. The minimum Gasteiger partial charge on any atom is -0.444 e. The molecule has 0 spiro atoms. The molecular weight excluding hydrogens is 533 g/mol. The third-order valence-corrected chi connectivity index (χ3v) is 6.40. The minimum absolute atomic E-state index is 0.0362. The molecule has 0 N–H and O–H groups in total. The lowest BCUT2D eigenvalue weighted by Crippen LogP contribution is -2.50. The molecule has 2 aromatic rings. The summed E-state index contributed by atoms with van der Waals surface area (Å²) in [5.74, 6) is 0.811. The number of ether oxygens (including phenoxy) is 1. The van der Waals surface area contributed by atoms with Crippen LogP contribution < -0.4 is 9.80 Å². The van der Waals surface area contributed by atoms with Crippen molar-refractivity contribution in [1.82, 2.24) is 14.9 Å². The zero-order valence-electron chi connectivity index (χ0n) is 19.9. The van der Waals surface area contributed by atoms with E-state index in [-0.39, 0.29) is 17.9 Å². The van der Waals surface area contributed by atoms with Gasteiger partial charge >= 0.3 is 6.09 Å². The van der Waals surface area contributed by atoms with Gasteiger partial charge in [-0.15, -0.1) is 0 Å². The molecular formula is C24H32IN5O3. The zero-order chi connectivity index (χ0) is 24.2. The van der Waals surface area contributed by atoms with Gasteiger partial charge < -0.3 is 19.4 Å². The van der Waals surface area contributed by atoms with Gasteiger partial charge in [0, 0.05) is 50.9 Å². The van der Waals surface area contributed by atoms with Crippen LogP contribution >= 0.6 is 22.6 Å². The Bertz CT molecular complexity index is 972. The van der Waals surface area contributed by atoms with Crippen LogP contribution in [-0.2, 0) is 9.53 Å². The van der Waals surface area contributed by atoms with E-state index < -0.39 is 5.60 Å². The highest BCUT2D eigenvalue weighted by molar-refractivity contribution is 14.1. The highest BCUT2D eigenvalue weighted by Crippen LogP contribution is 2.32. The largest absolute Gasteiger partial charge is 0.444 e. The Balaban J connectivity index is 1.70. The number of para-hydroxylation sites is 1. The van der Waals surface area contributed by atoms with Crippen LogP contribution in [0.2, 0.25) is 0 Å². The summed E-state index contributed by atoms with van der Waals surface area (Å²) in [6, 6.07) is 9.63. The normalized spacial score (nSPS) is 15.2. The van der Waals surface area contributed by atoms with Crippen molar-refractivity contribution in [3.05, 3.63) is 45.9 Å². The molecule has 0 bridgehead atoms. The maximum atomic E-state index is 13.0. The van der Waals surface area contributed by atoms with Crippen LogP contribution in [0, 0.1) is 3.70 Å². The first-order valence-corrected chi connectivity index (χ1v) is 12.2. The minimum atomic E-state index is -0.515. The number of halogens is 1. The van der Waals surface area contributed by atoms with E-state index in [0.29, 0.717) is 32.6 Å². The van der Waals surface area contributed by atoms with Crippen LogP contribution in [0.25, 0.3) is 0 Å². The van der Waals surface area contributed by atoms with E-state index in [1.54, 1.807) is 23.2 Å². The van der Waals surface area contributed by atoms with Gasteiger partial charge in [-0.1, -0.05) is 25.1 Å². The third-order valence-electron chi connectivity index (χ3n) is 5.54. The molecule has 8 nitrogen and oxygen atoms in total. The van der Waals surface area contributed by atoms with Crippen LogP contribution in [-0.4, -0.2) is 65.7 Å². The average Bonchev–Trinajstić information content (AvgIpc) is 2.77. The molecule has 0 radical (unpaired) electrons. The lowest BCUT2D eigenvalue weighted by molar-refractivity contribution is -0.118. The monoisotopic (exact) mass is 565 g/mol. The first-order chi connectivity index (χ1) is 15.6. The molecule has 0 aliphatic carbocycles. The lowest BCUT2D eigenvalue weighted by Gasteiger charge is -2.37. The summed E-state index contributed by atoms with van der Waals surface area (Å²) in [5, 5.41) is 0. The Kier molecular flexibility index (Phi) is 8.14. The highest BCUT2D eigenvalue weighted by atomic mass is 127. The van der Waals surface area contributed by atoms with Crippen molar-refractivity contribution in [3.8, 4) is 0 Å². The van der Waals surface area contributed by atoms with Gasteiger partial charge in [0.1, 0.15) is 21.4 Å². The van der Waals surface area contributed by atoms with Crippen LogP contribution in [0.4, 0.5) is 16.3 Å². The first kappa shape index (κ1) is 25.2. The van der Waals surface area contributed by atoms with Crippen LogP contribution in [0.15, 0.2) is 36.7 Å². The molecule has 1 atom stereocenters. The maximum absolute atomic E-state index is 13.0. The molecule has 2 amide bonds. The highest BCUT2D eigenvalue weighted by Gasteiger charge is 2.29. The predicted octanol–water partition coefficient (Wildman–Crippen LogP) is 4.29. The van der Waals surface area contributed by atoms with Crippen molar-refractivity contribution >= 4 is 46.1 Å². The van der Waals surface area contributed by atoms with E-state index in [1.165, 1.54) is 0 Å². The van der Waals surface area contributed by atoms with E-state index in [9.17, 15) is 9.59 Å². The van der Waals surface area contributed by atoms with E-state index in [0.717, 1.165) is 20.8 Å². The fourth-order valence-electron chi connectivity index (χ4n) is 3.77. The molecule has 178 valence electrons. The first-order valence-electron chi connectivity index (χ1n) is 11.1. The predicted molar refractivity (Wildman–Crippen MR) is 138 cm³/mol. The van der Waals surface area contributed by atoms with Gasteiger partial charge in [0.05, 0.1) is 0 Å². The number of aromatic nitrogens is 2. The van der Waals surface area contributed by atoms with Crippen molar-refractivity contribution in [2.24, 2.45) is 0 Å². The van der Waals surface area contributed by atoms with Gasteiger partial charge in [-0.3, -0.25) is 4.79 Å². The number of piperazine rings is 1. The molecule has 1 saturated heterocycles. The van der Waals surface area contributed by atoms with Crippen molar-refractivity contribution in [3.63, 3.8) is 0 Å². The van der Waals surface area contributed by atoms with Gasteiger partial charge in [0.2, 0.25) is 5.91 Å². The second-order valence-corrected chi connectivity index (χ2v) is 10.3. The van der Waals surface area contributed by atoms with Crippen molar-refractivity contribution in [2.45, 2.75) is 45.6 Å². The molecule has 33 heavy (non-hydrogen) atoms. The van der Waals surface area contributed by atoms with Crippen molar-refractivity contribution in [2.75, 3.05) is 43.0 Å². The Morgan fingerprint density at radius 2 is 1.76 bits per heavy atom. The van der Waals surface area contributed by atoms with Gasteiger partial charge in [0.15, 0.2) is 0 Å². The van der Waals surface area contributed by atoms with E-state index in [2.05, 4.69) is 37.5 Å². The number of benzene rings is 1. The molecule has 3 rings (SSSR count). The number of hydrogen-bond acceptors (Lipinski definition) is 6. The standard InChI is InChI=1S/C24H32IN5O3/c1-17(15-19(31)28(5)18-9-7-6-8-10-18)20-21(25)26-16-27-22(20)29-11-13-30(14-12-29)23(32)33-24(2,3)4/h6-10,16-17H,11-15H2,1-5H3. The van der Waals surface area contributed by atoms with Crippen LogP contribution in [0.1, 0.15) is 45.6 Å². The molecule has 1 aromatic heterocycles. The molecule has 1 aliphatic heterocycles. The lowest BCUT2D eigenvalue weighted by atomic mass is 9.98. The molecule has 0 saturated carbocycles. The average molecular weight is 565 g/mol. The zero-order valence-corrected chi connectivity index (χ0v) is 22.1. The number of carbonyl (C=O) groups excluding carboxylic acids is 2. The Hall–Kier alpha value is -2.43. The van der Waals surface area contributed by atoms with Crippen molar-refractivity contribution in [1.29, 1.82) is 0 Å². The Morgan fingerprint density at radius 1 is 1.12 bits per heavy atom. The number of rotatable bonds is 5. The topological polar surface area (TPSA) is 78.9 Å². The third kappa shape index (κ3) is 6.55. The van der Waals surface area contributed by atoms with Gasteiger partial charge in [-0.2, -0.15) is 0 Å². The summed E-state index contributed by atoms with van der Waals surface area (Å²) >= 11 is 2.22. The fraction of sp³-hybridized carbons (Fsp3) is 0.500. The van der Waals surface area contributed by atoms with Gasteiger partial charge in [0.25, 0.3) is 0 Å².